The van der Waals surface area contributed by atoms with E-state index < -0.39 is 0 Å². The largest absolute Gasteiger partial charge is 0.154 e. The Labute approximate surface area is 107 Å². The van der Waals surface area contributed by atoms with Crippen LogP contribution in [0.3, 0.4) is 0 Å². The highest BCUT2D eigenvalue weighted by Gasteiger charge is 2.10. The second-order valence-corrected chi connectivity index (χ2v) is 4.50. The average Bonchev–Trinajstić information content (AvgIpc) is 2.36. The minimum atomic E-state index is 0.484. The third-order valence-corrected chi connectivity index (χ3v) is 3.43. The molecule has 0 N–H and O–H groups in total. The van der Waals surface area contributed by atoms with Gasteiger partial charge in [0.05, 0.1) is 5.69 Å². The maximum atomic E-state index is 5.96. The fourth-order valence-corrected chi connectivity index (χ4v) is 1.97. The van der Waals surface area contributed by atoms with Crippen molar-refractivity contribution in [2.24, 2.45) is 0 Å². The monoisotopic (exact) mass is 246 g/mol. The Morgan fingerprint density at radius 2 is 1.88 bits per heavy atom. The van der Waals surface area contributed by atoms with Crippen molar-refractivity contribution in [3.05, 3.63) is 46.1 Å². The third-order valence-electron chi connectivity index (χ3n) is 3.07. The molecule has 0 fully saturated rings. The number of aryl methyl sites for hydroxylation is 1. The molecule has 0 amide bonds. The molecule has 1 heterocycles. The first-order chi connectivity index (χ1) is 8.13. The molecule has 0 unspecified atom stereocenters. The Bertz CT molecular complexity index is 550. The molecule has 88 valence electrons. The Hall–Kier alpha value is -1.41. The molecule has 0 aliphatic carbocycles. The van der Waals surface area contributed by atoms with E-state index in [1.807, 2.05) is 13.8 Å². The number of hydrogen-bond donors (Lipinski definition) is 0. The van der Waals surface area contributed by atoms with Crippen molar-refractivity contribution in [1.29, 1.82) is 0 Å². The standard InChI is InChI=1S/C14H15ClN2/c1-4-11-6-5-7-12(8-11)13-9(2)10(3)14(15)17-16-13/h5-8H,4H2,1-3H3. The number of halogens is 1. The molecule has 2 nitrogen and oxygen atoms in total. The molecule has 0 spiro atoms. The zero-order valence-corrected chi connectivity index (χ0v) is 11.0. The van der Waals surface area contributed by atoms with Crippen LogP contribution < -0.4 is 0 Å². The van der Waals surface area contributed by atoms with Crippen LogP contribution in [0, 0.1) is 13.8 Å². The van der Waals surface area contributed by atoms with Crippen LogP contribution >= 0.6 is 11.6 Å². The van der Waals surface area contributed by atoms with Crippen LogP contribution in [0.1, 0.15) is 23.6 Å². The molecule has 17 heavy (non-hydrogen) atoms. The summed E-state index contributed by atoms with van der Waals surface area (Å²) in [7, 11) is 0. The van der Waals surface area contributed by atoms with Gasteiger partial charge in [0.1, 0.15) is 0 Å². The van der Waals surface area contributed by atoms with Crippen molar-refractivity contribution in [2.45, 2.75) is 27.2 Å². The van der Waals surface area contributed by atoms with Gasteiger partial charge in [0.15, 0.2) is 5.15 Å². The van der Waals surface area contributed by atoms with Crippen molar-refractivity contribution >= 4 is 11.6 Å². The van der Waals surface area contributed by atoms with E-state index in [-0.39, 0.29) is 0 Å². The molecular weight excluding hydrogens is 232 g/mol. The van der Waals surface area contributed by atoms with Crippen molar-refractivity contribution in [3.8, 4) is 11.3 Å². The second-order valence-electron chi connectivity index (χ2n) is 4.14. The number of hydrogen-bond acceptors (Lipinski definition) is 2. The smallest absolute Gasteiger partial charge is 0.149 e. The first kappa shape index (κ1) is 12.1. The van der Waals surface area contributed by atoms with Gasteiger partial charge in [-0.3, -0.25) is 0 Å². The topological polar surface area (TPSA) is 25.8 Å². The quantitative estimate of drug-likeness (QED) is 0.801. The number of rotatable bonds is 2. The summed E-state index contributed by atoms with van der Waals surface area (Å²) in [5.74, 6) is 0. The van der Waals surface area contributed by atoms with Crippen LogP contribution in [0.25, 0.3) is 11.3 Å². The molecule has 0 atom stereocenters. The molecule has 0 bridgehead atoms. The molecule has 0 radical (unpaired) electrons. The van der Waals surface area contributed by atoms with Crippen LogP contribution in [0.2, 0.25) is 5.15 Å². The maximum absolute atomic E-state index is 5.96. The van der Waals surface area contributed by atoms with E-state index in [2.05, 4.69) is 41.4 Å². The fraction of sp³-hybridized carbons (Fsp3) is 0.286. The molecule has 0 saturated carbocycles. The molecule has 0 aliphatic heterocycles. The lowest BCUT2D eigenvalue weighted by molar-refractivity contribution is 1.00. The molecule has 2 rings (SSSR count). The van der Waals surface area contributed by atoms with E-state index in [1.165, 1.54) is 5.56 Å². The predicted octanol–water partition coefficient (Wildman–Crippen LogP) is 3.98. The van der Waals surface area contributed by atoms with Crippen molar-refractivity contribution in [1.82, 2.24) is 10.2 Å². The van der Waals surface area contributed by atoms with Crippen LogP contribution in [-0.4, -0.2) is 10.2 Å². The van der Waals surface area contributed by atoms with Crippen LogP contribution in [0.15, 0.2) is 24.3 Å². The van der Waals surface area contributed by atoms with Crippen LogP contribution in [0.5, 0.6) is 0 Å². The fourth-order valence-electron chi connectivity index (χ4n) is 1.79. The average molecular weight is 247 g/mol. The van der Waals surface area contributed by atoms with Crippen LogP contribution in [0.4, 0.5) is 0 Å². The minimum absolute atomic E-state index is 0.484. The van der Waals surface area contributed by atoms with Crippen molar-refractivity contribution in [2.75, 3.05) is 0 Å². The van der Waals surface area contributed by atoms with Gasteiger partial charge >= 0.3 is 0 Å². The lowest BCUT2D eigenvalue weighted by atomic mass is 10.0. The van der Waals surface area contributed by atoms with Crippen molar-refractivity contribution in [3.63, 3.8) is 0 Å². The van der Waals surface area contributed by atoms with Crippen LogP contribution in [-0.2, 0) is 6.42 Å². The minimum Gasteiger partial charge on any atom is -0.149 e. The maximum Gasteiger partial charge on any atom is 0.154 e. The lowest BCUT2D eigenvalue weighted by Gasteiger charge is -2.09. The lowest BCUT2D eigenvalue weighted by Crippen LogP contribution is -1.97. The van der Waals surface area contributed by atoms with E-state index in [4.69, 9.17) is 11.6 Å². The second kappa shape index (κ2) is 4.84. The highest BCUT2D eigenvalue weighted by atomic mass is 35.5. The van der Waals surface area contributed by atoms with E-state index in [0.29, 0.717) is 5.15 Å². The Morgan fingerprint density at radius 1 is 1.12 bits per heavy atom. The van der Waals surface area contributed by atoms with Gasteiger partial charge < -0.3 is 0 Å². The van der Waals surface area contributed by atoms with Gasteiger partial charge in [-0.15, -0.1) is 10.2 Å². The third kappa shape index (κ3) is 2.32. The first-order valence-electron chi connectivity index (χ1n) is 5.72. The van der Waals surface area contributed by atoms with E-state index >= 15 is 0 Å². The SMILES string of the molecule is CCc1cccc(-c2nnc(Cl)c(C)c2C)c1. The Balaban J connectivity index is 2.56. The van der Waals surface area contributed by atoms with Gasteiger partial charge in [-0.25, -0.2) is 0 Å². The summed E-state index contributed by atoms with van der Waals surface area (Å²) in [6.07, 6.45) is 1.02. The number of nitrogens with zero attached hydrogens (tertiary/aromatic N) is 2. The zero-order chi connectivity index (χ0) is 12.4. The summed E-state index contributed by atoms with van der Waals surface area (Å²) in [6, 6.07) is 8.39. The predicted molar refractivity (Wildman–Crippen MR) is 71.3 cm³/mol. The zero-order valence-electron chi connectivity index (χ0n) is 10.3. The normalized spacial score (nSPS) is 10.6. The first-order valence-corrected chi connectivity index (χ1v) is 6.10. The molecular formula is C14H15ClN2. The summed E-state index contributed by atoms with van der Waals surface area (Å²) in [5, 5.41) is 8.67. The van der Waals surface area contributed by atoms with E-state index in [1.54, 1.807) is 0 Å². The summed E-state index contributed by atoms with van der Waals surface area (Å²) >= 11 is 5.96. The van der Waals surface area contributed by atoms with Gasteiger partial charge in [0, 0.05) is 5.56 Å². The molecule has 1 aromatic carbocycles. The summed E-state index contributed by atoms with van der Waals surface area (Å²) in [4.78, 5) is 0. The Morgan fingerprint density at radius 3 is 2.59 bits per heavy atom. The molecule has 2 aromatic rings. The highest BCUT2D eigenvalue weighted by Crippen LogP contribution is 2.26. The number of aromatic nitrogens is 2. The molecule has 1 aromatic heterocycles. The summed E-state index contributed by atoms with van der Waals surface area (Å²) in [6.45, 7) is 6.15. The van der Waals surface area contributed by atoms with E-state index in [0.717, 1.165) is 28.8 Å². The van der Waals surface area contributed by atoms with E-state index in [9.17, 15) is 0 Å². The Kier molecular flexibility index (Phi) is 3.43. The number of benzene rings is 1. The van der Waals surface area contributed by atoms with Gasteiger partial charge in [0.25, 0.3) is 0 Å². The van der Waals surface area contributed by atoms with Gasteiger partial charge in [-0.05, 0) is 43.0 Å². The highest BCUT2D eigenvalue weighted by molar-refractivity contribution is 6.30. The molecule has 0 aliphatic rings. The van der Waals surface area contributed by atoms with Gasteiger partial charge in [0.2, 0.25) is 0 Å². The molecule has 0 saturated heterocycles. The summed E-state index contributed by atoms with van der Waals surface area (Å²) in [5.41, 5.74) is 5.42. The van der Waals surface area contributed by atoms with Crippen molar-refractivity contribution < 1.29 is 0 Å². The van der Waals surface area contributed by atoms with Gasteiger partial charge in [-0.1, -0.05) is 36.7 Å². The van der Waals surface area contributed by atoms with Gasteiger partial charge in [-0.2, -0.15) is 0 Å². The molecule has 3 heteroatoms. The summed E-state index contributed by atoms with van der Waals surface area (Å²) < 4.78 is 0.